The molecule has 1 atom stereocenters. The summed E-state index contributed by atoms with van der Waals surface area (Å²) in [6.45, 7) is 4.44. The highest BCUT2D eigenvalue weighted by molar-refractivity contribution is 6.32. The Labute approximate surface area is 163 Å². The van der Waals surface area contributed by atoms with Gasteiger partial charge in [0.25, 0.3) is 0 Å². The largest absolute Gasteiger partial charge is 0.495 e. The van der Waals surface area contributed by atoms with Gasteiger partial charge in [0.15, 0.2) is 0 Å². The molecule has 1 aromatic carbocycles. The summed E-state index contributed by atoms with van der Waals surface area (Å²) in [4.78, 5) is 2.66. The number of nitrogens with one attached hydrogen (secondary N) is 1. The lowest BCUT2D eigenvalue weighted by Gasteiger charge is -2.41. The minimum Gasteiger partial charge on any atom is -0.495 e. The fourth-order valence-corrected chi connectivity index (χ4v) is 4.25. The first-order chi connectivity index (χ1) is 10.8. The predicted molar refractivity (Wildman–Crippen MR) is 106 cm³/mol. The summed E-state index contributed by atoms with van der Waals surface area (Å²) >= 11 is 6.22. The van der Waals surface area contributed by atoms with Crippen molar-refractivity contribution in [2.24, 2.45) is 5.92 Å². The smallest absolute Gasteiger partial charge is 0.137 e. The SMILES string of the molecule is COc1cc([C@H](C2CCCCC2)N2CCNCC2)ccc1Cl.Cl.Cl. The molecular formula is C18H29Cl3N2O. The Morgan fingerprint density at radius 3 is 2.42 bits per heavy atom. The molecule has 3 rings (SSSR count). The molecule has 0 aromatic heterocycles. The van der Waals surface area contributed by atoms with Gasteiger partial charge in [-0.15, -0.1) is 24.8 Å². The highest BCUT2D eigenvalue weighted by Crippen LogP contribution is 2.40. The lowest BCUT2D eigenvalue weighted by Crippen LogP contribution is -2.47. The predicted octanol–water partition coefficient (Wildman–Crippen LogP) is 4.72. The normalized spacial score (nSPS) is 20.6. The Hall–Kier alpha value is -0.190. The molecule has 1 heterocycles. The average Bonchev–Trinajstić information content (AvgIpc) is 2.58. The number of piperazine rings is 1. The van der Waals surface area contributed by atoms with Gasteiger partial charge < -0.3 is 10.1 Å². The minimum atomic E-state index is 0. The van der Waals surface area contributed by atoms with Crippen LogP contribution in [-0.4, -0.2) is 38.2 Å². The van der Waals surface area contributed by atoms with E-state index in [2.05, 4.69) is 22.3 Å². The monoisotopic (exact) mass is 394 g/mol. The van der Waals surface area contributed by atoms with Crippen molar-refractivity contribution in [3.8, 4) is 5.75 Å². The van der Waals surface area contributed by atoms with E-state index in [-0.39, 0.29) is 24.8 Å². The molecule has 138 valence electrons. The zero-order valence-corrected chi connectivity index (χ0v) is 16.7. The van der Waals surface area contributed by atoms with Gasteiger partial charge in [-0.1, -0.05) is 36.9 Å². The van der Waals surface area contributed by atoms with Crippen LogP contribution in [0.5, 0.6) is 5.75 Å². The standard InChI is InChI=1S/C18H27ClN2O.2ClH/c1-22-17-13-15(7-8-16(17)19)18(14-5-3-2-4-6-14)21-11-9-20-10-12-21;;/h7-8,13-14,18,20H,2-6,9-12H2,1H3;2*1H/t18-;;/m0../s1. The van der Waals surface area contributed by atoms with Gasteiger partial charge in [-0.2, -0.15) is 0 Å². The minimum absolute atomic E-state index is 0. The van der Waals surface area contributed by atoms with Crippen LogP contribution >= 0.6 is 36.4 Å². The maximum absolute atomic E-state index is 6.22. The molecule has 1 aliphatic carbocycles. The summed E-state index contributed by atoms with van der Waals surface area (Å²) in [6.07, 6.45) is 6.84. The van der Waals surface area contributed by atoms with Gasteiger partial charge in [-0.05, 0) is 36.5 Å². The summed E-state index contributed by atoms with van der Waals surface area (Å²) in [6, 6.07) is 6.86. The third-order valence-electron chi connectivity index (χ3n) is 5.16. The molecule has 3 nitrogen and oxygen atoms in total. The van der Waals surface area contributed by atoms with Crippen LogP contribution in [0.1, 0.15) is 43.7 Å². The van der Waals surface area contributed by atoms with Gasteiger partial charge in [0.05, 0.1) is 12.1 Å². The second-order valence-corrected chi connectivity index (χ2v) is 6.93. The summed E-state index contributed by atoms with van der Waals surface area (Å²) in [7, 11) is 1.70. The molecule has 1 aliphatic heterocycles. The van der Waals surface area contributed by atoms with Crippen LogP contribution in [0.25, 0.3) is 0 Å². The van der Waals surface area contributed by atoms with Crippen molar-refractivity contribution in [3.63, 3.8) is 0 Å². The van der Waals surface area contributed by atoms with Crippen molar-refractivity contribution >= 4 is 36.4 Å². The van der Waals surface area contributed by atoms with Gasteiger partial charge in [0, 0.05) is 32.2 Å². The molecule has 24 heavy (non-hydrogen) atoms. The van der Waals surface area contributed by atoms with Gasteiger partial charge in [0.2, 0.25) is 0 Å². The number of halogens is 3. The van der Waals surface area contributed by atoms with Crippen LogP contribution in [0.15, 0.2) is 18.2 Å². The summed E-state index contributed by atoms with van der Waals surface area (Å²) in [5, 5.41) is 4.17. The zero-order chi connectivity index (χ0) is 15.4. The topological polar surface area (TPSA) is 24.5 Å². The number of methoxy groups -OCH3 is 1. The van der Waals surface area contributed by atoms with E-state index in [0.717, 1.165) is 37.8 Å². The molecule has 0 amide bonds. The van der Waals surface area contributed by atoms with Crippen molar-refractivity contribution in [1.82, 2.24) is 10.2 Å². The van der Waals surface area contributed by atoms with E-state index in [1.807, 2.05) is 6.07 Å². The summed E-state index contributed by atoms with van der Waals surface area (Å²) < 4.78 is 5.45. The lowest BCUT2D eigenvalue weighted by molar-refractivity contribution is 0.103. The van der Waals surface area contributed by atoms with Gasteiger partial charge in [0.1, 0.15) is 5.75 Å². The number of hydrogen-bond donors (Lipinski definition) is 1. The molecule has 2 aliphatic rings. The van der Waals surface area contributed by atoms with E-state index in [4.69, 9.17) is 16.3 Å². The fourth-order valence-electron chi connectivity index (χ4n) is 4.05. The van der Waals surface area contributed by atoms with Crippen molar-refractivity contribution in [2.45, 2.75) is 38.1 Å². The van der Waals surface area contributed by atoms with Gasteiger partial charge >= 0.3 is 0 Å². The molecular weight excluding hydrogens is 367 g/mol. The lowest BCUT2D eigenvalue weighted by atomic mass is 9.80. The number of ether oxygens (including phenoxy) is 1. The van der Waals surface area contributed by atoms with E-state index in [0.29, 0.717) is 11.1 Å². The highest BCUT2D eigenvalue weighted by atomic mass is 35.5. The molecule has 1 saturated heterocycles. The van der Waals surface area contributed by atoms with Crippen LogP contribution in [0.4, 0.5) is 0 Å². The van der Waals surface area contributed by atoms with Crippen molar-refractivity contribution in [3.05, 3.63) is 28.8 Å². The molecule has 1 aromatic rings. The Bertz CT molecular complexity index is 471. The maximum Gasteiger partial charge on any atom is 0.137 e. The number of hydrogen-bond acceptors (Lipinski definition) is 3. The molecule has 2 fully saturated rings. The van der Waals surface area contributed by atoms with Gasteiger partial charge in [-0.3, -0.25) is 4.90 Å². The number of nitrogens with zero attached hydrogens (tertiary/aromatic N) is 1. The summed E-state index contributed by atoms with van der Waals surface area (Å²) in [5.41, 5.74) is 1.37. The third kappa shape index (κ3) is 5.15. The third-order valence-corrected chi connectivity index (χ3v) is 5.47. The molecule has 0 radical (unpaired) electrons. The Kier molecular flexibility index (Phi) is 9.76. The van der Waals surface area contributed by atoms with Crippen LogP contribution in [-0.2, 0) is 0 Å². The quantitative estimate of drug-likeness (QED) is 0.798. The van der Waals surface area contributed by atoms with E-state index in [1.165, 1.54) is 37.7 Å². The fraction of sp³-hybridized carbons (Fsp3) is 0.667. The molecule has 6 heteroatoms. The van der Waals surface area contributed by atoms with Crippen LogP contribution in [0.2, 0.25) is 5.02 Å². The van der Waals surface area contributed by atoms with Crippen molar-refractivity contribution in [2.75, 3.05) is 33.3 Å². The second-order valence-electron chi connectivity index (χ2n) is 6.52. The Morgan fingerprint density at radius 1 is 1.12 bits per heavy atom. The second kappa shape index (κ2) is 10.7. The Morgan fingerprint density at radius 2 is 1.79 bits per heavy atom. The van der Waals surface area contributed by atoms with E-state index in [9.17, 15) is 0 Å². The van der Waals surface area contributed by atoms with Crippen molar-refractivity contribution in [1.29, 1.82) is 0 Å². The van der Waals surface area contributed by atoms with E-state index in [1.54, 1.807) is 7.11 Å². The van der Waals surface area contributed by atoms with E-state index >= 15 is 0 Å². The molecule has 0 unspecified atom stereocenters. The zero-order valence-electron chi connectivity index (χ0n) is 14.3. The summed E-state index contributed by atoms with van der Waals surface area (Å²) in [5.74, 6) is 1.56. The van der Waals surface area contributed by atoms with Crippen LogP contribution in [0, 0.1) is 5.92 Å². The number of rotatable bonds is 4. The molecule has 0 bridgehead atoms. The van der Waals surface area contributed by atoms with Crippen LogP contribution < -0.4 is 10.1 Å². The average molecular weight is 396 g/mol. The maximum atomic E-state index is 6.22. The van der Waals surface area contributed by atoms with Crippen molar-refractivity contribution < 1.29 is 4.74 Å². The van der Waals surface area contributed by atoms with Gasteiger partial charge in [-0.25, -0.2) is 0 Å². The van der Waals surface area contributed by atoms with Crippen LogP contribution in [0.3, 0.4) is 0 Å². The van der Waals surface area contributed by atoms with E-state index < -0.39 is 0 Å². The first kappa shape index (κ1) is 21.9. The highest BCUT2D eigenvalue weighted by Gasteiger charge is 2.31. The Balaban J connectivity index is 0.00000144. The number of benzene rings is 1. The molecule has 1 N–H and O–H groups in total. The first-order valence-electron chi connectivity index (χ1n) is 8.58. The first-order valence-corrected chi connectivity index (χ1v) is 8.95. The molecule has 0 spiro atoms. The molecule has 1 saturated carbocycles.